The minimum Gasteiger partial charge on any atom is -0.289 e. The highest BCUT2D eigenvalue weighted by Gasteiger charge is 2.14. The maximum Gasteiger partial charge on any atom is 0.194 e. The maximum atomic E-state index is 13.2. The van der Waals surface area contributed by atoms with E-state index < -0.39 is 0 Å². The van der Waals surface area contributed by atoms with Crippen LogP contribution in [0.3, 0.4) is 0 Å². The van der Waals surface area contributed by atoms with Gasteiger partial charge in [0.15, 0.2) is 5.78 Å². The van der Waals surface area contributed by atoms with Gasteiger partial charge in [0.25, 0.3) is 0 Å². The molecule has 0 amide bonds. The van der Waals surface area contributed by atoms with Crippen LogP contribution in [0.15, 0.2) is 45.3 Å². The van der Waals surface area contributed by atoms with E-state index in [4.69, 9.17) is 0 Å². The van der Waals surface area contributed by atoms with Gasteiger partial charge in [0.2, 0.25) is 0 Å². The average Bonchev–Trinajstić information content (AvgIpc) is 2.35. The fraction of sp³-hybridized carbons (Fsp3) is 0.0714. The monoisotopic (exact) mass is 370 g/mol. The van der Waals surface area contributed by atoms with Crippen LogP contribution >= 0.6 is 31.9 Å². The normalized spacial score (nSPS) is 10.4. The number of rotatable bonds is 2. The first-order valence-electron chi connectivity index (χ1n) is 5.25. The van der Waals surface area contributed by atoms with Crippen LogP contribution in [-0.2, 0) is 0 Å². The third kappa shape index (κ3) is 2.70. The van der Waals surface area contributed by atoms with Crippen LogP contribution in [0.2, 0.25) is 0 Å². The molecule has 0 N–H and O–H groups in total. The Morgan fingerprint density at radius 3 is 2.50 bits per heavy atom. The Kier molecular flexibility index (Phi) is 3.97. The molecule has 4 heteroatoms. The molecule has 0 unspecified atom stereocenters. The minimum absolute atomic E-state index is 0.133. The Morgan fingerprint density at radius 1 is 1.11 bits per heavy atom. The molecule has 0 heterocycles. The molecule has 2 rings (SSSR count). The largest absolute Gasteiger partial charge is 0.289 e. The molecule has 0 spiro atoms. The zero-order chi connectivity index (χ0) is 13.3. The van der Waals surface area contributed by atoms with Gasteiger partial charge in [0.05, 0.1) is 0 Å². The van der Waals surface area contributed by atoms with Crippen LogP contribution in [0.25, 0.3) is 0 Å². The molecule has 0 bridgehead atoms. The predicted octanol–water partition coefficient (Wildman–Crippen LogP) is 4.89. The molecular formula is C14H9Br2FO. The number of benzene rings is 2. The summed E-state index contributed by atoms with van der Waals surface area (Å²) in [5.41, 5.74) is 1.50. The number of hydrogen-bond donors (Lipinski definition) is 0. The second-order valence-corrected chi connectivity index (χ2v) is 5.69. The lowest BCUT2D eigenvalue weighted by Gasteiger charge is -2.06. The Balaban J connectivity index is 2.47. The molecule has 18 heavy (non-hydrogen) atoms. The lowest BCUT2D eigenvalue weighted by atomic mass is 10.0. The van der Waals surface area contributed by atoms with Gasteiger partial charge in [-0.2, -0.15) is 0 Å². The third-order valence-corrected chi connectivity index (χ3v) is 3.78. The second kappa shape index (κ2) is 5.33. The fourth-order valence-corrected chi connectivity index (χ4v) is 2.40. The van der Waals surface area contributed by atoms with Crippen molar-refractivity contribution in [2.24, 2.45) is 0 Å². The van der Waals surface area contributed by atoms with Gasteiger partial charge in [-0.1, -0.05) is 31.9 Å². The lowest BCUT2D eigenvalue weighted by Crippen LogP contribution is -2.03. The Bertz CT molecular complexity index is 623. The van der Waals surface area contributed by atoms with Crippen LogP contribution in [0.5, 0.6) is 0 Å². The second-order valence-electron chi connectivity index (χ2n) is 3.92. The van der Waals surface area contributed by atoms with Crippen molar-refractivity contribution in [2.45, 2.75) is 6.92 Å². The predicted molar refractivity (Wildman–Crippen MR) is 76.4 cm³/mol. The fourth-order valence-electron chi connectivity index (χ4n) is 1.61. The van der Waals surface area contributed by atoms with E-state index in [1.54, 1.807) is 25.1 Å². The molecule has 0 atom stereocenters. The molecule has 92 valence electrons. The average molecular weight is 372 g/mol. The summed E-state index contributed by atoms with van der Waals surface area (Å²) in [7, 11) is 0. The lowest BCUT2D eigenvalue weighted by molar-refractivity contribution is 0.103. The van der Waals surface area contributed by atoms with E-state index >= 15 is 0 Å². The first-order chi connectivity index (χ1) is 8.49. The SMILES string of the molecule is Cc1cc(C(=O)c2cc(Br)ccc2Br)ccc1F. The topological polar surface area (TPSA) is 17.1 Å². The van der Waals surface area contributed by atoms with Gasteiger partial charge in [-0.25, -0.2) is 4.39 Å². The van der Waals surface area contributed by atoms with Gasteiger partial charge in [0, 0.05) is 20.1 Å². The van der Waals surface area contributed by atoms with Crippen molar-refractivity contribution in [3.8, 4) is 0 Å². The molecule has 2 aromatic carbocycles. The van der Waals surface area contributed by atoms with Crippen molar-refractivity contribution >= 4 is 37.6 Å². The van der Waals surface area contributed by atoms with Crippen LogP contribution in [-0.4, -0.2) is 5.78 Å². The first kappa shape index (κ1) is 13.4. The van der Waals surface area contributed by atoms with E-state index in [1.165, 1.54) is 12.1 Å². The summed E-state index contributed by atoms with van der Waals surface area (Å²) in [6.45, 7) is 1.64. The molecule has 0 radical (unpaired) electrons. The molecule has 0 fully saturated rings. The van der Waals surface area contributed by atoms with Gasteiger partial charge in [-0.15, -0.1) is 0 Å². The maximum absolute atomic E-state index is 13.2. The summed E-state index contributed by atoms with van der Waals surface area (Å²) in [5, 5.41) is 0. The van der Waals surface area contributed by atoms with E-state index in [2.05, 4.69) is 31.9 Å². The quantitative estimate of drug-likeness (QED) is 0.687. The minimum atomic E-state index is -0.306. The molecule has 1 nitrogen and oxygen atoms in total. The highest BCUT2D eigenvalue weighted by atomic mass is 79.9. The van der Waals surface area contributed by atoms with Crippen molar-refractivity contribution in [1.29, 1.82) is 0 Å². The third-order valence-electron chi connectivity index (χ3n) is 2.59. The molecular weight excluding hydrogens is 363 g/mol. The van der Waals surface area contributed by atoms with E-state index in [1.807, 2.05) is 6.07 Å². The standard InChI is InChI=1S/C14H9Br2FO/c1-8-6-9(2-5-13(8)17)14(18)11-7-10(15)3-4-12(11)16/h2-7H,1H3. The summed E-state index contributed by atoms with van der Waals surface area (Å²) in [6.07, 6.45) is 0. The zero-order valence-electron chi connectivity index (χ0n) is 9.51. The molecule has 0 aromatic heterocycles. The molecule has 0 saturated heterocycles. The Labute approximate surface area is 121 Å². The molecule has 0 saturated carbocycles. The van der Waals surface area contributed by atoms with Crippen LogP contribution in [0, 0.1) is 12.7 Å². The van der Waals surface area contributed by atoms with Gasteiger partial charge in [-0.3, -0.25) is 4.79 Å². The van der Waals surface area contributed by atoms with Gasteiger partial charge < -0.3 is 0 Å². The van der Waals surface area contributed by atoms with E-state index in [-0.39, 0.29) is 11.6 Å². The van der Waals surface area contributed by atoms with Crippen molar-refractivity contribution in [2.75, 3.05) is 0 Å². The number of aryl methyl sites for hydroxylation is 1. The Hall–Kier alpha value is -1.00. The van der Waals surface area contributed by atoms with Gasteiger partial charge in [-0.05, 0) is 48.9 Å². The number of carbonyl (C=O) groups is 1. The van der Waals surface area contributed by atoms with Crippen molar-refractivity contribution in [3.63, 3.8) is 0 Å². The van der Waals surface area contributed by atoms with Crippen molar-refractivity contribution < 1.29 is 9.18 Å². The summed E-state index contributed by atoms with van der Waals surface area (Å²) in [5.74, 6) is -0.439. The first-order valence-corrected chi connectivity index (χ1v) is 6.83. The summed E-state index contributed by atoms with van der Waals surface area (Å²) in [4.78, 5) is 12.3. The zero-order valence-corrected chi connectivity index (χ0v) is 12.7. The summed E-state index contributed by atoms with van der Waals surface area (Å²) < 4.78 is 14.7. The van der Waals surface area contributed by atoms with E-state index in [9.17, 15) is 9.18 Å². The summed E-state index contributed by atoms with van der Waals surface area (Å²) in [6, 6.07) is 9.76. The van der Waals surface area contributed by atoms with Crippen molar-refractivity contribution in [1.82, 2.24) is 0 Å². The highest BCUT2D eigenvalue weighted by Crippen LogP contribution is 2.24. The van der Waals surface area contributed by atoms with E-state index in [0.29, 0.717) is 16.7 Å². The van der Waals surface area contributed by atoms with Gasteiger partial charge in [0.1, 0.15) is 5.82 Å². The van der Waals surface area contributed by atoms with E-state index in [0.717, 1.165) is 8.95 Å². The number of ketones is 1. The van der Waals surface area contributed by atoms with Crippen LogP contribution in [0.1, 0.15) is 21.5 Å². The number of halogens is 3. The smallest absolute Gasteiger partial charge is 0.194 e. The van der Waals surface area contributed by atoms with Crippen LogP contribution in [0.4, 0.5) is 4.39 Å². The van der Waals surface area contributed by atoms with Gasteiger partial charge >= 0.3 is 0 Å². The summed E-state index contributed by atoms with van der Waals surface area (Å²) >= 11 is 6.68. The molecule has 0 aliphatic rings. The van der Waals surface area contributed by atoms with Crippen molar-refractivity contribution in [3.05, 3.63) is 67.9 Å². The Morgan fingerprint density at radius 2 is 1.83 bits per heavy atom. The van der Waals surface area contributed by atoms with Crippen LogP contribution < -0.4 is 0 Å². The molecule has 0 aliphatic carbocycles. The number of hydrogen-bond acceptors (Lipinski definition) is 1. The highest BCUT2D eigenvalue weighted by molar-refractivity contribution is 9.11. The molecule has 0 aliphatic heterocycles. The molecule has 2 aromatic rings. The number of carbonyl (C=O) groups excluding carboxylic acids is 1.